The number of benzene rings is 2. The largest absolute Gasteiger partial charge is 4.00 e. The maximum absolute atomic E-state index is 4.97. The monoisotopic (exact) mass is 726 g/mol. The van der Waals surface area contributed by atoms with Crippen LogP contribution in [-0.2, 0) is 26.2 Å². The first-order chi connectivity index (χ1) is 23.4. The molecule has 0 N–H and O–H groups in total. The molecule has 12 rings (SSSR count). The molecule has 0 radical (unpaired) electrons. The third kappa shape index (κ3) is 9.60. The fourth-order valence-corrected chi connectivity index (χ4v) is 10.6. The minimum absolute atomic E-state index is 0. The molecule has 0 atom stereocenters. The second-order valence-electron chi connectivity index (χ2n) is 15.9. The molecule has 2 heterocycles. The van der Waals surface area contributed by atoms with Gasteiger partial charge in [0.05, 0.1) is 11.1 Å². The molecule has 0 saturated heterocycles. The smallest absolute Gasteiger partial charge is 0.663 e. The van der Waals surface area contributed by atoms with E-state index in [0.717, 1.165) is 58.0 Å². The van der Waals surface area contributed by atoms with Crippen molar-refractivity contribution in [1.82, 2.24) is 9.97 Å². The minimum atomic E-state index is 0. The van der Waals surface area contributed by atoms with E-state index in [1.54, 1.807) is 0 Å². The first-order valence-corrected chi connectivity index (χ1v) is 18.4. The van der Waals surface area contributed by atoms with Crippen LogP contribution in [0.1, 0.15) is 99.6 Å². The number of aliphatic imine (C=N–C) groups is 2. The summed E-state index contributed by atoms with van der Waals surface area (Å²) in [5, 5.41) is 0. The van der Waals surface area contributed by atoms with Crippen molar-refractivity contribution in [2.45, 2.75) is 88.1 Å². The maximum Gasteiger partial charge on any atom is 4.00 e. The Balaban J connectivity index is 0.000000122. The van der Waals surface area contributed by atoms with E-state index >= 15 is 0 Å². The summed E-state index contributed by atoms with van der Waals surface area (Å²) in [6.07, 6.45) is 24.7. The van der Waals surface area contributed by atoms with Gasteiger partial charge in [-0.05, 0) is 113 Å². The van der Waals surface area contributed by atoms with Crippen molar-refractivity contribution in [2.24, 2.45) is 45.5 Å². The number of nitrogens with zero attached hydrogens (tertiary/aromatic N) is 4. The fourth-order valence-electron chi connectivity index (χ4n) is 10.6. The number of hydrogen-bond acceptors (Lipinski definition) is 2. The molecule has 252 valence electrons. The van der Waals surface area contributed by atoms with E-state index in [1.807, 2.05) is 110 Å². The van der Waals surface area contributed by atoms with E-state index in [9.17, 15) is 0 Å². The summed E-state index contributed by atoms with van der Waals surface area (Å²) in [4.78, 5) is 18.5. The van der Waals surface area contributed by atoms with Crippen molar-refractivity contribution in [3.05, 3.63) is 134 Å². The van der Waals surface area contributed by atoms with Gasteiger partial charge < -0.3 is 9.97 Å². The first kappa shape index (κ1) is 35.8. The van der Waals surface area contributed by atoms with Gasteiger partial charge in [0.1, 0.15) is 0 Å². The van der Waals surface area contributed by atoms with Gasteiger partial charge in [-0.15, -0.1) is 35.7 Å². The number of rotatable bonds is 4. The SMILES string of the molecule is C(=NC12CC3CC(CC(C3)C1)C2)c1ccc[n-]1.C(=NC12CC3CC(CC(C3)C1)C2)c1ccc[n-]1.[CH2-]c1ccccc1.[CH2-]c1ccccc1.[Zr+4]. The van der Waals surface area contributed by atoms with Crippen LogP contribution in [0.5, 0.6) is 0 Å². The Hall–Kier alpha value is -3.04. The van der Waals surface area contributed by atoms with Gasteiger partial charge in [-0.25, -0.2) is 0 Å². The van der Waals surface area contributed by atoms with Crippen LogP contribution in [-0.4, -0.2) is 23.5 Å². The molecule has 8 aliphatic carbocycles. The van der Waals surface area contributed by atoms with Gasteiger partial charge in [0.15, 0.2) is 0 Å². The molecule has 8 bridgehead atoms. The Labute approximate surface area is 314 Å². The Morgan fingerprint density at radius 1 is 0.469 bits per heavy atom. The number of hydrogen-bond donors (Lipinski definition) is 0. The average Bonchev–Trinajstić information content (AvgIpc) is 3.79. The van der Waals surface area contributed by atoms with Crippen LogP contribution in [0.3, 0.4) is 0 Å². The second kappa shape index (κ2) is 16.3. The summed E-state index contributed by atoms with van der Waals surface area (Å²) in [7, 11) is 0. The predicted octanol–water partition coefficient (Wildman–Crippen LogP) is 9.80. The summed E-state index contributed by atoms with van der Waals surface area (Å²) in [6.45, 7) is 7.44. The molecule has 2 aromatic heterocycles. The van der Waals surface area contributed by atoms with Crippen molar-refractivity contribution < 1.29 is 26.2 Å². The Morgan fingerprint density at radius 2 is 0.776 bits per heavy atom. The van der Waals surface area contributed by atoms with Gasteiger partial charge in [0.25, 0.3) is 0 Å². The van der Waals surface area contributed by atoms with Crippen LogP contribution < -0.4 is 9.97 Å². The molecular formula is C44H52N4Zr. The second-order valence-corrected chi connectivity index (χ2v) is 15.9. The Morgan fingerprint density at radius 3 is 1.00 bits per heavy atom. The van der Waals surface area contributed by atoms with Crippen LogP contribution in [0.2, 0.25) is 0 Å². The van der Waals surface area contributed by atoms with Crippen molar-refractivity contribution in [1.29, 1.82) is 0 Å². The van der Waals surface area contributed by atoms with Gasteiger partial charge in [-0.2, -0.15) is 61.6 Å². The predicted molar refractivity (Wildman–Crippen MR) is 198 cm³/mol. The molecule has 0 amide bonds. The van der Waals surface area contributed by atoms with Crippen LogP contribution in [0.15, 0.2) is 107 Å². The average molecular weight is 728 g/mol. The molecule has 49 heavy (non-hydrogen) atoms. The van der Waals surface area contributed by atoms with Gasteiger partial charge in [0.2, 0.25) is 0 Å². The van der Waals surface area contributed by atoms with E-state index in [4.69, 9.17) is 9.98 Å². The van der Waals surface area contributed by atoms with Gasteiger partial charge in [0, 0.05) is 12.4 Å². The van der Waals surface area contributed by atoms with E-state index in [1.165, 1.54) is 77.0 Å². The Bertz CT molecular complexity index is 1400. The molecule has 4 aromatic rings. The molecule has 8 aliphatic rings. The zero-order valence-corrected chi connectivity index (χ0v) is 31.5. The molecule has 0 spiro atoms. The topological polar surface area (TPSA) is 52.9 Å². The molecule has 4 nitrogen and oxygen atoms in total. The van der Waals surface area contributed by atoms with E-state index in [-0.39, 0.29) is 26.2 Å². The van der Waals surface area contributed by atoms with E-state index < -0.39 is 0 Å². The third-order valence-electron chi connectivity index (χ3n) is 11.8. The van der Waals surface area contributed by atoms with Crippen molar-refractivity contribution in [3.8, 4) is 0 Å². The summed E-state index contributed by atoms with van der Waals surface area (Å²) in [5.41, 5.74) is 4.80. The fraction of sp³-hybridized carbons (Fsp3) is 0.455. The van der Waals surface area contributed by atoms with Crippen molar-refractivity contribution in [2.75, 3.05) is 0 Å². The molecule has 5 heteroatoms. The van der Waals surface area contributed by atoms with Crippen LogP contribution in [0.4, 0.5) is 0 Å². The molecular weight excluding hydrogens is 676 g/mol. The summed E-state index contributed by atoms with van der Waals surface area (Å²) in [5.74, 6) is 5.87. The normalized spacial score (nSPS) is 32.7. The standard InChI is InChI=1S/2C15H19N2.2C7H7.Zr/c2*1-2-14(16-3-1)10-17-15-7-11-4-12(8-15)6-13(5-11)9-15;2*1-7-5-3-2-4-6-7;/h2*1-3,10-13H,4-9H2;2*2-6H,1H2;/q4*-1;+4. The van der Waals surface area contributed by atoms with Crippen LogP contribution >= 0.6 is 0 Å². The molecule has 2 aromatic carbocycles. The molecule has 0 unspecified atom stereocenters. The van der Waals surface area contributed by atoms with E-state index in [2.05, 4.69) is 23.8 Å². The van der Waals surface area contributed by atoms with Gasteiger partial charge >= 0.3 is 26.2 Å². The van der Waals surface area contributed by atoms with Crippen LogP contribution in [0.25, 0.3) is 0 Å². The minimum Gasteiger partial charge on any atom is -0.663 e. The zero-order valence-electron chi connectivity index (χ0n) is 29.0. The van der Waals surface area contributed by atoms with E-state index in [0.29, 0.717) is 11.1 Å². The molecule has 0 aliphatic heterocycles. The quantitative estimate of drug-likeness (QED) is 0.155. The Kier molecular flexibility index (Phi) is 11.9. The van der Waals surface area contributed by atoms with Gasteiger partial charge in [-0.3, -0.25) is 9.98 Å². The number of aromatic nitrogens is 2. The van der Waals surface area contributed by atoms with Crippen LogP contribution in [0, 0.1) is 49.4 Å². The zero-order chi connectivity index (χ0) is 32.8. The maximum atomic E-state index is 4.97. The third-order valence-corrected chi connectivity index (χ3v) is 11.8. The summed E-state index contributed by atoms with van der Waals surface area (Å²) >= 11 is 0. The molecule has 8 fully saturated rings. The first-order valence-electron chi connectivity index (χ1n) is 18.4. The van der Waals surface area contributed by atoms with Crippen molar-refractivity contribution in [3.63, 3.8) is 0 Å². The van der Waals surface area contributed by atoms with Gasteiger partial charge in [-0.1, -0.05) is 36.4 Å². The molecule has 8 saturated carbocycles. The summed E-state index contributed by atoms with van der Waals surface area (Å²) < 4.78 is 0. The van der Waals surface area contributed by atoms with Crippen molar-refractivity contribution >= 4 is 12.4 Å². The summed E-state index contributed by atoms with van der Waals surface area (Å²) in [6, 6.07) is 27.8.